The molecule has 0 saturated heterocycles. The maximum atomic E-state index is 11.7. The van der Waals surface area contributed by atoms with Gasteiger partial charge >= 0.3 is 0 Å². The van der Waals surface area contributed by atoms with Crippen LogP contribution < -0.4 is 5.32 Å². The van der Waals surface area contributed by atoms with Crippen molar-refractivity contribution in [3.63, 3.8) is 0 Å². The number of hydrogen-bond donors (Lipinski definition) is 1. The molecule has 7 nitrogen and oxygen atoms in total. The zero-order chi connectivity index (χ0) is 15.7. The first-order valence-corrected chi connectivity index (χ1v) is 8.61. The summed E-state index contributed by atoms with van der Waals surface area (Å²) in [5, 5.41) is 7.98. The van der Waals surface area contributed by atoms with E-state index in [9.17, 15) is 8.42 Å². The van der Waals surface area contributed by atoms with Crippen molar-refractivity contribution in [2.75, 3.05) is 11.6 Å². The molecule has 0 aliphatic carbocycles. The van der Waals surface area contributed by atoms with E-state index in [0.717, 1.165) is 12.2 Å². The van der Waals surface area contributed by atoms with Crippen LogP contribution in [0.2, 0.25) is 0 Å². The fraction of sp³-hybridized carbons (Fsp3) is 0.214. The minimum absolute atomic E-state index is 0.238. The number of anilines is 2. The van der Waals surface area contributed by atoms with Crippen LogP contribution in [0.5, 0.6) is 0 Å². The number of sulfone groups is 1. The maximum Gasteiger partial charge on any atom is 0.175 e. The Labute approximate surface area is 127 Å². The lowest BCUT2D eigenvalue weighted by molar-refractivity contribution is 0.602. The normalized spacial score (nSPS) is 11.7. The zero-order valence-electron chi connectivity index (χ0n) is 12.2. The van der Waals surface area contributed by atoms with E-state index in [1.165, 1.54) is 12.6 Å². The van der Waals surface area contributed by atoms with Gasteiger partial charge in [0.15, 0.2) is 9.84 Å². The molecule has 0 amide bonds. The first kappa shape index (κ1) is 14.5. The molecule has 0 fully saturated rings. The monoisotopic (exact) mass is 317 g/mol. The van der Waals surface area contributed by atoms with Gasteiger partial charge in [0.2, 0.25) is 0 Å². The fourth-order valence-electron chi connectivity index (χ4n) is 2.10. The average Bonchev–Trinajstić information content (AvgIpc) is 2.94. The average molecular weight is 317 g/mol. The molecule has 0 spiro atoms. The van der Waals surface area contributed by atoms with Crippen molar-refractivity contribution in [3.05, 3.63) is 36.9 Å². The Kier molecular flexibility index (Phi) is 3.53. The number of nitrogens with zero attached hydrogens (tertiary/aromatic N) is 4. The number of aryl methyl sites for hydroxylation is 1. The lowest BCUT2D eigenvalue weighted by Gasteiger charge is -2.07. The van der Waals surface area contributed by atoms with Crippen LogP contribution in [0.1, 0.15) is 6.92 Å². The van der Waals surface area contributed by atoms with Crippen molar-refractivity contribution >= 4 is 32.2 Å². The second-order valence-electron chi connectivity index (χ2n) is 4.88. The van der Waals surface area contributed by atoms with Gasteiger partial charge in [-0.05, 0) is 25.1 Å². The molecule has 1 aromatic carbocycles. The van der Waals surface area contributed by atoms with Gasteiger partial charge < -0.3 is 5.32 Å². The Morgan fingerprint density at radius 3 is 2.77 bits per heavy atom. The summed E-state index contributed by atoms with van der Waals surface area (Å²) in [4.78, 5) is 8.61. The molecule has 0 unspecified atom stereocenters. The SMILES string of the molecule is CCn1cc(Nc2ncnc3ccc(S(C)(=O)=O)cc23)cn1. The van der Waals surface area contributed by atoms with Crippen LogP contribution in [0.15, 0.2) is 41.8 Å². The Morgan fingerprint density at radius 1 is 1.27 bits per heavy atom. The molecule has 0 atom stereocenters. The Bertz CT molecular complexity index is 933. The van der Waals surface area contributed by atoms with Gasteiger partial charge in [-0.25, -0.2) is 18.4 Å². The van der Waals surface area contributed by atoms with Crippen LogP contribution in [-0.4, -0.2) is 34.4 Å². The number of fused-ring (bicyclic) bond motifs is 1. The summed E-state index contributed by atoms with van der Waals surface area (Å²) in [5.74, 6) is 0.547. The first-order chi connectivity index (χ1) is 10.5. The van der Waals surface area contributed by atoms with E-state index in [4.69, 9.17) is 0 Å². The van der Waals surface area contributed by atoms with Gasteiger partial charge in [0.25, 0.3) is 0 Å². The number of rotatable bonds is 4. The molecule has 0 bridgehead atoms. The van der Waals surface area contributed by atoms with Gasteiger partial charge in [-0.2, -0.15) is 5.10 Å². The van der Waals surface area contributed by atoms with Crippen LogP contribution in [0.4, 0.5) is 11.5 Å². The minimum atomic E-state index is -3.28. The molecule has 1 N–H and O–H groups in total. The van der Waals surface area contributed by atoms with Crippen molar-refractivity contribution in [1.29, 1.82) is 0 Å². The first-order valence-electron chi connectivity index (χ1n) is 6.71. The lowest BCUT2D eigenvalue weighted by atomic mass is 10.2. The molecule has 114 valence electrons. The van der Waals surface area contributed by atoms with Crippen molar-refractivity contribution < 1.29 is 8.42 Å². The molecule has 2 heterocycles. The third-order valence-electron chi connectivity index (χ3n) is 3.25. The second kappa shape index (κ2) is 5.38. The smallest absolute Gasteiger partial charge is 0.175 e. The summed E-state index contributed by atoms with van der Waals surface area (Å²) in [6.07, 6.45) is 6.16. The minimum Gasteiger partial charge on any atom is -0.337 e. The fourth-order valence-corrected chi connectivity index (χ4v) is 2.75. The highest BCUT2D eigenvalue weighted by atomic mass is 32.2. The standard InChI is InChI=1S/C14H15N5O2S/c1-3-19-8-10(7-17-19)18-14-12-6-11(22(2,20)21)4-5-13(12)15-9-16-14/h4-9H,3H2,1-2H3,(H,15,16,18). The van der Waals surface area contributed by atoms with Gasteiger partial charge in [0.1, 0.15) is 12.1 Å². The molecule has 3 aromatic rings. The number of benzene rings is 1. The summed E-state index contributed by atoms with van der Waals surface area (Å²) in [7, 11) is -3.28. The van der Waals surface area contributed by atoms with Crippen molar-refractivity contribution in [3.8, 4) is 0 Å². The molecule has 0 aliphatic rings. The Hall–Kier alpha value is -2.48. The predicted octanol–water partition coefficient (Wildman–Crippen LogP) is 1.99. The number of nitrogens with one attached hydrogen (secondary N) is 1. The highest BCUT2D eigenvalue weighted by Gasteiger charge is 2.11. The summed E-state index contributed by atoms with van der Waals surface area (Å²) in [5.41, 5.74) is 1.46. The topological polar surface area (TPSA) is 89.8 Å². The summed E-state index contributed by atoms with van der Waals surface area (Å²) >= 11 is 0. The lowest BCUT2D eigenvalue weighted by Crippen LogP contribution is -1.99. The molecule has 22 heavy (non-hydrogen) atoms. The summed E-state index contributed by atoms with van der Waals surface area (Å²) in [6.45, 7) is 2.76. The molecular weight excluding hydrogens is 302 g/mol. The molecule has 2 aromatic heterocycles. The van der Waals surface area contributed by atoms with Crippen LogP contribution in [0.25, 0.3) is 10.9 Å². The van der Waals surface area contributed by atoms with E-state index in [1.54, 1.807) is 29.1 Å². The van der Waals surface area contributed by atoms with Crippen molar-refractivity contribution in [1.82, 2.24) is 19.7 Å². The van der Waals surface area contributed by atoms with Crippen molar-refractivity contribution in [2.24, 2.45) is 0 Å². The van der Waals surface area contributed by atoms with Crippen molar-refractivity contribution in [2.45, 2.75) is 18.4 Å². The third kappa shape index (κ3) is 2.77. The van der Waals surface area contributed by atoms with Crippen LogP contribution in [0.3, 0.4) is 0 Å². The van der Waals surface area contributed by atoms with Gasteiger partial charge in [0.05, 0.1) is 22.3 Å². The molecule has 0 radical (unpaired) electrons. The van der Waals surface area contributed by atoms with Gasteiger partial charge in [0, 0.05) is 24.4 Å². The van der Waals surface area contributed by atoms with E-state index in [2.05, 4.69) is 20.4 Å². The Balaban J connectivity index is 2.08. The largest absolute Gasteiger partial charge is 0.337 e. The molecule has 0 saturated carbocycles. The summed E-state index contributed by atoms with van der Waals surface area (Å²) in [6, 6.07) is 4.80. The molecule has 3 rings (SSSR count). The summed E-state index contributed by atoms with van der Waals surface area (Å²) < 4.78 is 25.2. The van der Waals surface area contributed by atoms with Gasteiger partial charge in [-0.1, -0.05) is 0 Å². The van der Waals surface area contributed by atoms with Crippen LogP contribution >= 0.6 is 0 Å². The highest BCUT2D eigenvalue weighted by molar-refractivity contribution is 7.90. The van der Waals surface area contributed by atoms with Gasteiger partial charge in [-0.15, -0.1) is 0 Å². The van der Waals surface area contributed by atoms with Crippen LogP contribution in [-0.2, 0) is 16.4 Å². The number of aromatic nitrogens is 4. The van der Waals surface area contributed by atoms with Crippen LogP contribution in [0, 0.1) is 0 Å². The van der Waals surface area contributed by atoms with E-state index >= 15 is 0 Å². The predicted molar refractivity (Wildman–Crippen MR) is 83.8 cm³/mol. The molecular formula is C14H15N5O2S. The van der Waals surface area contributed by atoms with E-state index in [1.807, 2.05) is 13.1 Å². The highest BCUT2D eigenvalue weighted by Crippen LogP contribution is 2.25. The number of hydrogen-bond acceptors (Lipinski definition) is 6. The third-order valence-corrected chi connectivity index (χ3v) is 4.37. The Morgan fingerprint density at radius 2 is 2.09 bits per heavy atom. The van der Waals surface area contributed by atoms with E-state index in [0.29, 0.717) is 16.7 Å². The quantitative estimate of drug-likeness (QED) is 0.791. The maximum absolute atomic E-state index is 11.7. The van der Waals surface area contributed by atoms with E-state index < -0.39 is 9.84 Å². The van der Waals surface area contributed by atoms with Gasteiger partial charge in [-0.3, -0.25) is 4.68 Å². The van der Waals surface area contributed by atoms with E-state index in [-0.39, 0.29) is 4.90 Å². The zero-order valence-corrected chi connectivity index (χ0v) is 13.0. The molecule has 0 aliphatic heterocycles. The molecule has 8 heteroatoms. The second-order valence-corrected chi connectivity index (χ2v) is 6.90.